The third-order valence-corrected chi connectivity index (χ3v) is 7.52. The van der Waals surface area contributed by atoms with Gasteiger partial charge >= 0.3 is 5.97 Å². The molecule has 2 aromatic carbocycles. The maximum Gasteiger partial charge on any atom is 0.341 e. The van der Waals surface area contributed by atoms with Crippen LogP contribution in [0.5, 0.6) is 11.5 Å². The Morgan fingerprint density at radius 3 is 2.38 bits per heavy atom. The number of hydrogen-bond acceptors (Lipinski definition) is 9. The predicted octanol–water partition coefficient (Wildman–Crippen LogP) is 5.05. The van der Waals surface area contributed by atoms with E-state index in [-0.39, 0.29) is 11.7 Å². The van der Waals surface area contributed by atoms with Gasteiger partial charge in [-0.15, -0.1) is 21.5 Å². The standard InChI is InChI=1S/C26H26N4O5S2/c1-15-6-8-16(9-7-15)18-13-36-24(22(18)25(32)35-5)27-21(31)14-37-26-29-28-23(30(26)2)17-10-11-19(33-3)20(12-17)34-4/h6-13H,14H2,1-5H3,(H,27,31). The van der Waals surface area contributed by atoms with Crippen LogP contribution in [0.3, 0.4) is 0 Å². The number of carbonyl (C=O) groups is 2. The van der Waals surface area contributed by atoms with Gasteiger partial charge in [-0.1, -0.05) is 41.6 Å². The molecule has 1 N–H and O–H groups in total. The van der Waals surface area contributed by atoms with Gasteiger partial charge in [-0.3, -0.25) is 4.79 Å². The number of hydrogen-bond donors (Lipinski definition) is 1. The molecule has 0 saturated carbocycles. The van der Waals surface area contributed by atoms with Crippen molar-refractivity contribution < 1.29 is 23.8 Å². The van der Waals surface area contributed by atoms with Crippen LogP contribution in [0.1, 0.15) is 15.9 Å². The number of aromatic nitrogens is 3. The van der Waals surface area contributed by atoms with Crippen molar-refractivity contribution >= 4 is 40.0 Å². The lowest BCUT2D eigenvalue weighted by molar-refractivity contribution is -0.113. The summed E-state index contributed by atoms with van der Waals surface area (Å²) in [5.41, 5.74) is 3.84. The van der Waals surface area contributed by atoms with E-state index in [9.17, 15) is 9.59 Å². The molecule has 0 unspecified atom stereocenters. The zero-order valence-electron chi connectivity index (χ0n) is 21.0. The van der Waals surface area contributed by atoms with Gasteiger partial charge in [0.2, 0.25) is 5.91 Å². The summed E-state index contributed by atoms with van der Waals surface area (Å²) in [4.78, 5) is 25.4. The Morgan fingerprint density at radius 2 is 1.70 bits per heavy atom. The molecule has 9 nitrogen and oxygen atoms in total. The summed E-state index contributed by atoms with van der Waals surface area (Å²) in [6, 6.07) is 13.3. The number of methoxy groups -OCH3 is 3. The highest BCUT2D eigenvalue weighted by Gasteiger charge is 2.23. The van der Waals surface area contributed by atoms with Crippen molar-refractivity contribution in [3.63, 3.8) is 0 Å². The van der Waals surface area contributed by atoms with Gasteiger partial charge in [0, 0.05) is 23.6 Å². The number of rotatable bonds is 9. The monoisotopic (exact) mass is 538 g/mol. The van der Waals surface area contributed by atoms with E-state index in [4.69, 9.17) is 14.2 Å². The smallest absolute Gasteiger partial charge is 0.341 e. The summed E-state index contributed by atoms with van der Waals surface area (Å²) >= 11 is 2.52. The molecule has 192 valence electrons. The van der Waals surface area contributed by atoms with Crippen LogP contribution in [0.2, 0.25) is 0 Å². The molecule has 0 saturated heterocycles. The Labute approximate surface area is 222 Å². The highest BCUT2D eigenvalue weighted by Crippen LogP contribution is 2.37. The Hall–Kier alpha value is -3.83. The number of nitrogens with one attached hydrogen (secondary N) is 1. The second-order valence-electron chi connectivity index (χ2n) is 7.98. The number of carbonyl (C=O) groups excluding carboxylic acids is 2. The lowest BCUT2D eigenvalue weighted by Crippen LogP contribution is -2.16. The van der Waals surface area contributed by atoms with E-state index in [0.717, 1.165) is 16.7 Å². The van der Waals surface area contributed by atoms with Crippen LogP contribution in [-0.4, -0.2) is 53.7 Å². The molecule has 1 amide bonds. The van der Waals surface area contributed by atoms with Crippen LogP contribution in [-0.2, 0) is 16.6 Å². The normalized spacial score (nSPS) is 10.7. The van der Waals surface area contributed by atoms with Gasteiger partial charge in [0.1, 0.15) is 10.6 Å². The van der Waals surface area contributed by atoms with Crippen molar-refractivity contribution in [1.82, 2.24) is 14.8 Å². The summed E-state index contributed by atoms with van der Waals surface area (Å²) < 4.78 is 17.5. The molecule has 0 aliphatic heterocycles. The first-order chi connectivity index (χ1) is 17.9. The first kappa shape index (κ1) is 26.2. The lowest BCUT2D eigenvalue weighted by Gasteiger charge is -2.10. The first-order valence-corrected chi connectivity index (χ1v) is 13.0. The molecule has 11 heteroatoms. The fraction of sp³-hybridized carbons (Fsp3) is 0.231. The second kappa shape index (κ2) is 11.5. The van der Waals surface area contributed by atoms with Crippen molar-refractivity contribution in [3.05, 3.63) is 59.0 Å². The van der Waals surface area contributed by atoms with E-state index in [2.05, 4.69) is 15.5 Å². The molecule has 0 atom stereocenters. The number of esters is 1. The lowest BCUT2D eigenvalue weighted by atomic mass is 10.0. The molecule has 0 aliphatic rings. The van der Waals surface area contributed by atoms with Gasteiger partial charge in [0.05, 0.1) is 27.1 Å². The van der Waals surface area contributed by atoms with E-state index in [1.54, 1.807) is 24.9 Å². The summed E-state index contributed by atoms with van der Waals surface area (Å²) in [5, 5.41) is 14.2. The topological polar surface area (TPSA) is 105 Å². The minimum absolute atomic E-state index is 0.0796. The van der Waals surface area contributed by atoms with Crippen LogP contribution >= 0.6 is 23.1 Å². The van der Waals surface area contributed by atoms with Gasteiger partial charge in [-0.2, -0.15) is 0 Å². The minimum atomic E-state index is -0.507. The molecule has 0 radical (unpaired) electrons. The van der Waals surface area contributed by atoms with Crippen molar-refractivity contribution in [3.8, 4) is 34.0 Å². The Bertz CT molecular complexity index is 1430. The van der Waals surface area contributed by atoms with E-state index >= 15 is 0 Å². The molecular weight excluding hydrogens is 512 g/mol. The average Bonchev–Trinajstić information content (AvgIpc) is 3.50. The molecule has 0 aliphatic carbocycles. The van der Waals surface area contributed by atoms with E-state index in [0.29, 0.717) is 38.6 Å². The van der Waals surface area contributed by atoms with Gasteiger partial charge in [-0.25, -0.2) is 4.79 Å². The van der Waals surface area contributed by atoms with Crippen molar-refractivity contribution in [2.24, 2.45) is 7.05 Å². The Kier molecular flexibility index (Phi) is 8.14. The molecule has 0 bridgehead atoms. The number of aryl methyl sites for hydroxylation is 1. The first-order valence-electron chi connectivity index (χ1n) is 11.2. The summed E-state index contributed by atoms with van der Waals surface area (Å²) in [7, 11) is 6.30. The number of anilines is 1. The number of thiophene rings is 1. The number of nitrogens with zero attached hydrogens (tertiary/aromatic N) is 3. The number of ether oxygens (including phenoxy) is 3. The van der Waals surface area contributed by atoms with E-state index in [1.165, 1.54) is 30.2 Å². The van der Waals surface area contributed by atoms with Crippen LogP contribution in [0.15, 0.2) is 53.0 Å². The summed E-state index contributed by atoms with van der Waals surface area (Å²) in [6.45, 7) is 2.00. The van der Waals surface area contributed by atoms with Gasteiger partial charge in [0.25, 0.3) is 0 Å². The maximum absolute atomic E-state index is 12.8. The van der Waals surface area contributed by atoms with Crippen LogP contribution in [0, 0.1) is 6.92 Å². The number of amides is 1. The van der Waals surface area contributed by atoms with Gasteiger partial charge in [0.15, 0.2) is 22.5 Å². The molecule has 4 aromatic rings. The van der Waals surface area contributed by atoms with Crippen molar-refractivity contribution in [2.45, 2.75) is 12.1 Å². The van der Waals surface area contributed by atoms with Crippen molar-refractivity contribution in [2.75, 3.05) is 32.4 Å². The molecule has 37 heavy (non-hydrogen) atoms. The number of benzene rings is 2. The molecule has 2 heterocycles. The van der Waals surface area contributed by atoms with Crippen LogP contribution in [0.25, 0.3) is 22.5 Å². The van der Waals surface area contributed by atoms with E-state index < -0.39 is 5.97 Å². The third kappa shape index (κ3) is 5.62. The van der Waals surface area contributed by atoms with Gasteiger partial charge < -0.3 is 24.1 Å². The minimum Gasteiger partial charge on any atom is -0.493 e. The quantitative estimate of drug-likeness (QED) is 0.233. The fourth-order valence-electron chi connectivity index (χ4n) is 3.66. The molecular formula is C26H26N4O5S2. The van der Waals surface area contributed by atoms with E-state index in [1.807, 2.05) is 55.7 Å². The van der Waals surface area contributed by atoms with Crippen LogP contribution in [0.4, 0.5) is 5.00 Å². The number of thioether (sulfide) groups is 1. The average molecular weight is 539 g/mol. The Balaban J connectivity index is 1.48. The second-order valence-corrected chi connectivity index (χ2v) is 9.81. The third-order valence-electron chi connectivity index (χ3n) is 5.61. The molecule has 0 spiro atoms. The zero-order chi connectivity index (χ0) is 26.5. The SMILES string of the molecule is COC(=O)c1c(-c2ccc(C)cc2)csc1NC(=O)CSc1nnc(-c2ccc(OC)c(OC)c2)n1C. The molecule has 2 aromatic heterocycles. The summed E-state index contributed by atoms with van der Waals surface area (Å²) in [5.74, 6) is 1.12. The highest BCUT2D eigenvalue weighted by atomic mass is 32.2. The maximum atomic E-state index is 12.8. The highest BCUT2D eigenvalue weighted by molar-refractivity contribution is 7.99. The Morgan fingerprint density at radius 1 is 1.00 bits per heavy atom. The molecule has 0 fully saturated rings. The summed E-state index contributed by atoms with van der Waals surface area (Å²) in [6.07, 6.45) is 0. The fourth-order valence-corrected chi connectivity index (χ4v) is 5.34. The van der Waals surface area contributed by atoms with Crippen LogP contribution < -0.4 is 14.8 Å². The zero-order valence-corrected chi connectivity index (χ0v) is 22.7. The van der Waals surface area contributed by atoms with Crippen molar-refractivity contribution in [1.29, 1.82) is 0 Å². The molecule has 4 rings (SSSR count). The van der Waals surface area contributed by atoms with Gasteiger partial charge in [-0.05, 0) is 30.7 Å². The predicted molar refractivity (Wildman–Crippen MR) is 145 cm³/mol. The largest absolute Gasteiger partial charge is 0.493 e.